The summed E-state index contributed by atoms with van der Waals surface area (Å²) in [5.41, 5.74) is 0.661. The molecule has 23 heavy (non-hydrogen) atoms. The number of aliphatic imine (C=N–C) groups is 1. The first kappa shape index (κ1) is 14.8. The number of hydrogen-bond acceptors (Lipinski definition) is 7. The fraction of sp³-hybridized carbons (Fsp3) is 0. The molecule has 0 spiro atoms. The summed E-state index contributed by atoms with van der Waals surface area (Å²) in [7, 11) is 0. The third-order valence-corrected chi connectivity index (χ3v) is 3.16. The molecule has 3 rings (SSSR count). The van der Waals surface area contributed by atoms with E-state index in [1.165, 1.54) is 18.2 Å². The van der Waals surface area contributed by atoms with Crippen molar-refractivity contribution in [3.63, 3.8) is 0 Å². The van der Waals surface area contributed by atoms with E-state index in [1.54, 1.807) is 24.3 Å². The molecule has 1 heterocycles. The largest absolute Gasteiger partial charge is 0.872 e. The summed E-state index contributed by atoms with van der Waals surface area (Å²) in [4.78, 5) is 16.0. The van der Waals surface area contributed by atoms with Gasteiger partial charge in [0.15, 0.2) is 5.70 Å². The van der Waals surface area contributed by atoms with Crippen LogP contribution in [0.5, 0.6) is 5.75 Å². The molecule has 0 radical (unpaired) electrons. The summed E-state index contributed by atoms with van der Waals surface area (Å²) >= 11 is 0. The molecule has 0 saturated carbocycles. The van der Waals surface area contributed by atoms with Crippen molar-refractivity contribution in [2.75, 3.05) is 5.23 Å². The van der Waals surface area contributed by atoms with E-state index in [4.69, 9.17) is 15.2 Å². The number of ether oxygens (including phenoxy) is 1. The number of benzene rings is 2. The van der Waals surface area contributed by atoms with E-state index in [-0.39, 0.29) is 33.8 Å². The lowest BCUT2D eigenvalue weighted by molar-refractivity contribution is -0.268. The Morgan fingerprint density at radius 1 is 1.13 bits per heavy atom. The van der Waals surface area contributed by atoms with Gasteiger partial charge in [0.2, 0.25) is 5.90 Å². The summed E-state index contributed by atoms with van der Waals surface area (Å²) in [6, 6.07) is 12.5. The first-order valence-corrected chi connectivity index (χ1v) is 6.61. The number of hydrogen-bond donors (Lipinski definition) is 2. The van der Waals surface area contributed by atoms with Gasteiger partial charge in [0.05, 0.1) is 5.69 Å². The highest BCUT2D eigenvalue weighted by Crippen LogP contribution is 2.25. The van der Waals surface area contributed by atoms with E-state index in [9.17, 15) is 9.90 Å². The molecule has 0 amide bonds. The van der Waals surface area contributed by atoms with Crippen LogP contribution in [0, 0.1) is 0 Å². The number of carbonyl (C=O) groups is 1. The monoisotopic (exact) mass is 311 g/mol. The van der Waals surface area contributed by atoms with E-state index in [0.29, 0.717) is 5.56 Å². The molecule has 0 fully saturated rings. The van der Waals surface area contributed by atoms with Gasteiger partial charge < -0.3 is 9.84 Å². The molecule has 7 nitrogen and oxygen atoms in total. The van der Waals surface area contributed by atoms with Crippen LogP contribution >= 0.6 is 0 Å². The Labute approximate surface area is 130 Å². The molecule has 0 bridgehead atoms. The van der Waals surface area contributed by atoms with E-state index in [2.05, 4.69) is 4.99 Å². The lowest BCUT2D eigenvalue weighted by atomic mass is 10.1. The first-order valence-electron chi connectivity index (χ1n) is 6.61. The molecule has 2 aromatic carbocycles. The summed E-state index contributed by atoms with van der Waals surface area (Å²) in [5.74, 6) is -0.922. The SMILES string of the molecule is O=C1OC(c2ccccc2)=NC1=Cc1cc(N(O)O)ccc1[O-]. The summed E-state index contributed by atoms with van der Waals surface area (Å²) in [6.07, 6.45) is 1.24. The zero-order chi connectivity index (χ0) is 16.4. The van der Waals surface area contributed by atoms with Crippen LogP contribution in [0.15, 0.2) is 59.2 Å². The van der Waals surface area contributed by atoms with E-state index >= 15 is 0 Å². The van der Waals surface area contributed by atoms with Gasteiger partial charge in [-0.1, -0.05) is 24.3 Å². The Hall–Kier alpha value is -3.16. The molecule has 1 aliphatic rings. The van der Waals surface area contributed by atoms with Crippen molar-refractivity contribution in [2.24, 2.45) is 4.99 Å². The predicted molar refractivity (Wildman–Crippen MR) is 79.0 cm³/mol. The number of cyclic esters (lactones) is 1. The Morgan fingerprint density at radius 2 is 1.87 bits per heavy atom. The molecule has 7 heteroatoms. The quantitative estimate of drug-likeness (QED) is 0.507. The van der Waals surface area contributed by atoms with Gasteiger partial charge >= 0.3 is 5.97 Å². The van der Waals surface area contributed by atoms with Crippen LogP contribution in [0.1, 0.15) is 11.1 Å². The Bertz CT molecular complexity index is 812. The number of esters is 1. The van der Waals surface area contributed by atoms with Crippen LogP contribution in [0.3, 0.4) is 0 Å². The third kappa shape index (κ3) is 3.05. The third-order valence-electron chi connectivity index (χ3n) is 3.16. The van der Waals surface area contributed by atoms with Crippen molar-refractivity contribution in [3.05, 3.63) is 65.4 Å². The Kier molecular flexibility index (Phi) is 3.80. The number of rotatable bonds is 3. The van der Waals surface area contributed by atoms with Crippen molar-refractivity contribution in [2.45, 2.75) is 0 Å². The maximum atomic E-state index is 11.9. The molecule has 0 aliphatic carbocycles. The highest BCUT2D eigenvalue weighted by Gasteiger charge is 2.24. The zero-order valence-electron chi connectivity index (χ0n) is 11.7. The predicted octanol–water partition coefficient (Wildman–Crippen LogP) is 1.69. The van der Waals surface area contributed by atoms with Crippen LogP contribution in [0.4, 0.5) is 5.69 Å². The van der Waals surface area contributed by atoms with Crippen molar-refractivity contribution in [1.82, 2.24) is 0 Å². The second kappa shape index (κ2) is 5.91. The van der Waals surface area contributed by atoms with E-state index in [0.717, 1.165) is 6.07 Å². The first-order chi connectivity index (χ1) is 11.0. The van der Waals surface area contributed by atoms with Crippen molar-refractivity contribution < 1.29 is 25.1 Å². The molecule has 0 unspecified atom stereocenters. The highest BCUT2D eigenvalue weighted by atomic mass is 16.8. The topological polar surface area (TPSA) is 105 Å². The molecule has 0 aromatic heterocycles. The highest BCUT2D eigenvalue weighted by molar-refractivity contribution is 6.12. The maximum Gasteiger partial charge on any atom is 0.363 e. The van der Waals surface area contributed by atoms with Crippen LogP contribution < -0.4 is 10.3 Å². The molecular weight excluding hydrogens is 300 g/mol. The summed E-state index contributed by atoms with van der Waals surface area (Å²) in [5, 5.41) is 29.7. The van der Waals surface area contributed by atoms with Crippen LogP contribution in [0.25, 0.3) is 6.08 Å². The van der Waals surface area contributed by atoms with Gasteiger partial charge in [-0.25, -0.2) is 9.79 Å². The molecule has 116 valence electrons. The Balaban J connectivity index is 1.98. The maximum absolute atomic E-state index is 11.9. The standard InChI is InChI=1S/C16H12N2O5/c19-14-7-6-12(18(21)22)8-11(14)9-13-16(20)23-15(17-13)10-4-2-1-3-5-10/h1-9,19,21-22H/p-1. The summed E-state index contributed by atoms with van der Waals surface area (Å²) in [6.45, 7) is 0. The average Bonchev–Trinajstić information content (AvgIpc) is 2.91. The minimum atomic E-state index is -0.682. The van der Waals surface area contributed by atoms with Gasteiger partial charge in [0.25, 0.3) is 0 Å². The molecule has 0 atom stereocenters. The molecule has 0 saturated heterocycles. The van der Waals surface area contributed by atoms with Gasteiger partial charge in [-0.05, 0) is 35.9 Å². The van der Waals surface area contributed by atoms with Gasteiger partial charge in [0, 0.05) is 5.56 Å². The van der Waals surface area contributed by atoms with E-state index in [1.807, 2.05) is 6.07 Å². The number of anilines is 1. The molecular formula is C16H11N2O5-. The van der Waals surface area contributed by atoms with Crippen molar-refractivity contribution in [3.8, 4) is 5.75 Å². The lowest BCUT2D eigenvalue weighted by Gasteiger charge is -2.14. The minimum absolute atomic E-state index is 0.0184. The van der Waals surface area contributed by atoms with E-state index < -0.39 is 5.97 Å². The van der Waals surface area contributed by atoms with Gasteiger partial charge in [0.1, 0.15) is 0 Å². The van der Waals surface area contributed by atoms with Gasteiger partial charge in [-0.2, -0.15) is 0 Å². The smallest absolute Gasteiger partial charge is 0.363 e. The van der Waals surface area contributed by atoms with Gasteiger partial charge in [-0.15, -0.1) is 11.0 Å². The molecule has 1 aliphatic heterocycles. The lowest BCUT2D eigenvalue weighted by Crippen LogP contribution is -2.11. The van der Waals surface area contributed by atoms with Crippen molar-refractivity contribution in [1.29, 1.82) is 0 Å². The van der Waals surface area contributed by atoms with Crippen molar-refractivity contribution >= 4 is 23.6 Å². The second-order valence-electron chi connectivity index (χ2n) is 4.71. The fourth-order valence-electron chi connectivity index (χ4n) is 2.03. The average molecular weight is 311 g/mol. The van der Waals surface area contributed by atoms with Crippen LogP contribution in [0.2, 0.25) is 0 Å². The van der Waals surface area contributed by atoms with Crippen LogP contribution in [-0.4, -0.2) is 22.3 Å². The molecule has 2 aromatic rings. The normalized spacial score (nSPS) is 15.5. The second-order valence-corrected chi connectivity index (χ2v) is 4.71. The summed E-state index contributed by atoms with van der Waals surface area (Å²) < 4.78 is 5.08. The minimum Gasteiger partial charge on any atom is -0.872 e. The van der Waals surface area contributed by atoms with Gasteiger partial charge in [-0.3, -0.25) is 10.4 Å². The number of carbonyl (C=O) groups excluding carboxylic acids is 1. The fourth-order valence-corrected chi connectivity index (χ4v) is 2.03. The van der Waals surface area contributed by atoms with Crippen LogP contribution in [-0.2, 0) is 9.53 Å². The zero-order valence-corrected chi connectivity index (χ0v) is 11.7. The number of nitrogens with zero attached hydrogens (tertiary/aromatic N) is 2. The molecule has 2 N–H and O–H groups in total. The Morgan fingerprint density at radius 3 is 2.57 bits per heavy atom.